The molecule has 1 saturated heterocycles. The third-order valence-corrected chi connectivity index (χ3v) is 3.10. The van der Waals surface area contributed by atoms with Gasteiger partial charge in [0.15, 0.2) is 0 Å². The molecule has 0 aromatic rings. The maximum Gasteiger partial charge on any atom is 0.248 e. The predicted octanol–water partition coefficient (Wildman–Crippen LogP) is 1.56. The lowest BCUT2D eigenvalue weighted by Gasteiger charge is -2.36. The van der Waals surface area contributed by atoms with Gasteiger partial charge in [0.05, 0.1) is 12.2 Å². The lowest BCUT2D eigenvalue weighted by molar-refractivity contribution is -0.141. The van der Waals surface area contributed by atoms with Crippen LogP contribution < -0.4 is 0 Å². The number of ether oxygens (including phenoxy) is 1. The lowest BCUT2D eigenvalue weighted by Crippen LogP contribution is -2.46. The summed E-state index contributed by atoms with van der Waals surface area (Å²) in [5.74, 6) is 0.0593. The van der Waals surface area contributed by atoms with Gasteiger partial charge in [-0.05, 0) is 46.5 Å². The molecule has 1 heterocycles. The second-order valence-electron chi connectivity index (χ2n) is 5.18. The minimum atomic E-state index is -0.348. The fourth-order valence-electron chi connectivity index (χ4n) is 2.29. The number of carbonyl (C=O) groups excluding carboxylic acids is 1. The number of aliphatic hydroxyl groups excluding tert-OH is 1. The second-order valence-corrected chi connectivity index (χ2v) is 5.18. The van der Waals surface area contributed by atoms with E-state index in [4.69, 9.17) is 4.74 Å². The Balaban J connectivity index is 2.48. The molecule has 17 heavy (non-hydrogen) atoms. The monoisotopic (exact) mass is 243 g/mol. The molecule has 0 aromatic heterocycles. The normalized spacial score (nSPS) is 22.9. The van der Waals surface area contributed by atoms with Gasteiger partial charge in [-0.3, -0.25) is 4.79 Å². The van der Waals surface area contributed by atoms with E-state index in [0.717, 1.165) is 25.8 Å². The van der Waals surface area contributed by atoms with Crippen LogP contribution in [0.2, 0.25) is 0 Å². The molecule has 1 rings (SSSR count). The summed E-state index contributed by atoms with van der Waals surface area (Å²) in [5.41, 5.74) is 0. The van der Waals surface area contributed by atoms with Crippen molar-refractivity contribution in [2.24, 2.45) is 0 Å². The van der Waals surface area contributed by atoms with Gasteiger partial charge in [0.2, 0.25) is 5.91 Å². The third-order valence-electron chi connectivity index (χ3n) is 3.10. The van der Waals surface area contributed by atoms with Crippen molar-refractivity contribution in [3.63, 3.8) is 0 Å². The molecule has 4 nitrogen and oxygen atoms in total. The fraction of sp³-hybridized carbons (Fsp3) is 0.923. The molecular weight excluding hydrogens is 218 g/mol. The molecule has 0 aliphatic carbocycles. The van der Waals surface area contributed by atoms with Crippen molar-refractivity contribution in [2.75, 3.05) is 13.2 Å². The minimum Gasteiger partial charge on any atom is -0.393 e. The van der Waals surface area contributed by atoms with E-state index < -0.39 is 0 Å². The molecule has 4 heteroatoms. The summed E-state index contributed by atoms with van der Waals surface area (Å²) in [7, 11) is 0. The highest BCUT2D eigenvalue weighted by Gasteiger charge is 2.27. The maximum absolute atomic E-state index is 12.0. The molecule has 0 spiro atoms. The van der Waals surface area contributed by atoms with Gasteiger partial charge in [-0.1, -0.05) is 0 Å². The van der Waals surface area contributed by atoms with Gasteiger partial charge >= 0.3 is 0 Å². The maximum atomic E-state index is 12.0. The van der Waals surface area contributed by atoms with Crippen molar-refractivity contribution in [3.8, 4) is 0 Å². The zero-order valence-corrected chi connectivity index (χ0v) is 11.2. The highest BCUT2D eigenvalue weighted by molar-refractivity contribution is 5.77. The van der Waals surface area contributed by atoms with Crippen molar-refractivity contribution in [2.45, 2.75) is 64.7 Å². The predicted molar refractivity (Wildman–Crippen MR) is 66.7 cm³/mol. The van der Waals surface area contributed by atoms with E-state index in [0.29, 0.717) is 6.42 Å². The molecule has 1 fully saturated rings. The van der Waals surface area contributed by atoms with Crippen LogP contribution in [0.5, 0.6) is 0 Å². The largest absolute Gasteiger partial charge is 0.393 e. The van der Waals surface area contributed by atoms with Gasteiger partial charge in [0, 0.05) is 12.6 Å². The van der Waals surface area contributed by atoms with Gasteiger partial charge in [-0.2, -0.15) is 0 Å². The van der Waals surface area contributed by atoms with Crippen molar-refractivity contribution in [1.29, 1.82) is 0 Å². The van der Waals surface area contributed by atoms with E-state index in [2.05, 4.69) is 0 Å². The first-order valence-corrected chi connectivity index (χ1v) is 6.60. The molecule has 1 amide bonds. The molecule has 0 saturated carbocycles. The molecule has 0 bridgehead atoms. The molecule has 1 N–H and O–H groups in total. The van der Waals surface area contributed by atoms with Gasteiger partial charge in [-0.25, -0.2) is 0 Å². The summed E-state index contributed by atoms with van der Waals surface area (Å²) in [4.78, 5) is 13.9. The van der Waals surface area contributed by atoms with Crippen molar-refractivity contribution in [3.05, 3.63) is 0 Å². The zero-order chi connectivity index (χ0) is 12.8. The Morgan fingerprint density at radius 2 is 2.12 bits per heavy atom. The molecule has 1 aliphatic rings. The smallest absolute Gasteiger partial charge is 0.248 e. The van der Waals surface area contributed by atoms with Crippen LogP contribution in [0, 0.1) is 0 Å². The number of amides is 1. The number of nitrogens with zero attached hydrogens (tertiary/aromatic N) is 1. The van der Waals surface area contributed by atoms with Crippen molar-refractivity contribution in [1.82, 2.24) is 4.90 Å². The Hall–Kier alpha value is -0.610. The number of hydrogen-bond acceptors (Lipinski definition) is 3. The number of carbonyl (C=O) groups is 1. The van der Waals surface area contributed by atoms with Crippen LogP contribution in [-0.4, -0.2) is 47.3 Å². The average Bonchev–Trinajstić information content (AvgIpc) is 2.25. The number of aliphatic hydroxyl groups is 1. The number of hydrogen-bond donors (Lipinski definition) is 1. The Morgan fingerprint density at radius 3 is 2.71 bits per heavy atom. The topological polar surface area (TPSA) is 49.8 Å². The van der Waals surface area contributed by atoms with E-state index >= 15 is 0 Å². The Bertz CT molecular complexity index is 241. The summed E-state index contributed by atoms with van der Waals surface area (Å²) in [5, 5.41) is 9.45. The van der Waals surface area contributed by atoms with Crippen molar-refractivity contribution >= 4 is 5.91 Å². The lowest BCUT2D eigenvalue weighted by atomic mass is 9.97. The standard InChI is InChI=1S/C13H25NO3/c1-10(2)17-9-13(16)14-7-5-4-6-12(14)8-11(3)15/h10-12,15H,4-9H2,1-3H3. The average molecular weight is 243 g/mol. The first-order valence-electron chi connectivity index (χ1n) is 6.60. The number of likely N-dealkylation sites (tertiary alicyclic amines) is 1. The first kappa shape index (κ1) is 14.5. The van der Waals surface area contributed by atoms with E-state index in [1.807, 2.05) is 18.7 Å². The van der Waals surface area contributed by atoms with Gasteiger partial charge < -0.3 is 14.7 Å². The highest BCUT2D eigenvalue weighted by atomic mass is 16.5. The van der Waals surface area contributed by atoms with Gasteiger partial charge in [0.1, 0.15) is 6.61 Å². The SMILES string of the molecule is CC(O)CC1CCCCN1C(=O)COC(C)C. The van der Waals surface area contributed by atoms with Crippen LogP contribution in [0.3, 0.4) is 0 Å². The first-order chi connectivity index (χ1) is 8.00. The Morgan fingerprint density at radius 1 is 1.41 bits per heavy atom. The Labute approximate surface area is 104 Å². The van der Waals surface area contributed by atoms with Gasteiger partial charge in [-0.15, -0.1) is 0 Å². The summed E-state index contributed by atoms with van der Waals surface area (Å²) in [6, 6.07) is 0.187. The van der Waals surface area contributed by atoms with Gasteiger partial charge in [0.25, 0.3) is 0 Å². The van der Waals surface area contributed by atoms with Crippen LogP contribution >= 0.6 is 0 Å². The van der Waals surface area contributed by atoms with E-state index in [1.165, 1.54) is 0 Å². The van der Waals surface area contributed by atoms with Crippen LogP contribution in [0.15, 0.2) is 0 Å². The van der Waals surface area contributed by atoms with Crippen LogP contribution in [0.1, 0.15) is 46.5 Å². The molecule has 100 valence electrons. The summed E-state index contributed by atoms with van der Waals surface area (Å²) < 4.78 is 5.36. The van der Waals surface area contributed by atoms with E-state index in [1.54, 1.807) is 6.92 Å². The van der Waals surface area contributed by atoms with Crippen LogP contribution in [0.25, 0.3) is 0 Å². The number of rotatable bonds is 5. The molecule has 2 unspecified atom stereocenters. The zero-order valence-electron chi connectivity index (χ0n) is 11.2. The van der Waals surface area contributed by atoms with Crippen molar-refractivity contribution < 1.29 is 14.6 Å². The van der Waals surface area contributed by atoms with Crippen LogP contribution in [0.4, 0.5) is 0 Å². The van der Waals surface area contributed by atoms with E-state index in [9.17, 15) is 9.90 Å². The van der Waals surface area contributed by atoms with E-state index in [-0.39, 0.29) is 30.8 Å². The fourth-order valence-corrected chi connectivity index (χ4v) is 2.29. The molecular formula is C13H25NO3. The second kappa shape index (κ2) is 6.97. The minimum absolute atomic E-state index is 0.0593. The van der Waals surface area contributed by atoms with Crippen LogP contribution in [-0.2, 0) is 9.53 Å². The quantitative estimate of drug-likeness (QED) is 0.797. The number of piperidine rings is 1. The summed E-state index contributed by atoms with van der Waals surface area (Å²) in [6.07, 6.45) is 3.61. The summed E-state index contributed by atoms with van der Waals surface area (Å²) >= 11 is 0. The molecule has 0 aromatic carbocycles. The molecule has 2 atom stereocenters. The molecule has 0 radical (unpaired) electrons. The Kier molecular flexibility index (Phi) is 5.92. The third kappa shape index (κ3) is 5.04. The summed E-state index contributed by atoms with van der Waals surface area (Å²) in [6.45, 7) is 6.60. The molecule has 1 aliphatic heterocycles. The highest BCUT2D eigenvalue weighted by Crippen LogP contribution is 2.21.